The van der Waals surface area contributed by atoms with Crippen LogP contribution in [0.15, 0.2) is 36.4 Å². The minimum Gasteiger partial charge on any atom is -0.494 e. The molecule has 2 aliphatic heterocycles. The number of piperidine rings is 1. The number of nitrogens with zero attached hydrogens (tertiary/aromatic N) is 1. The lowest BCUT2D eigenvalue weighted by atomic mass is 10.0. The van der Waals surface area contributed by atoms with Gasteiger partial charge in [-0.25, -0.2) is 8.78 Å². The third-order valence-electron chi connectivity index (χ3n) is 6.34. The van der Waals surface area contributed by atoms with Crippen molar-refractivity contribution in [2.24, 2.45) is 0 Å². The van der Waals surface area contributed by atoms with Crippen molar-refractivity contribution in [2.45, 2.75) is 57.7 Å². The smallest absolute Gasteiger partial charge is 0.255 e. The SMILES string of the molecule is O=C1CCC(N2Cc3cc(OCCCCCCNCc4ccc(F)cc4F)ccc3C2=O)C(=O)N1. The molecule has 0 aliphatic carbocycles. The second kappa shape index (κ2) is 11.4. The first kappa shape index (κ1) is 24.8. The number of ether oxygens (including phenoxy) is 1. The van der Waals surface area contributed by atoms with Crippen LogP contribution in [-0.2, 0) is 22.7 Å². The Morgan fingerprint density at radius 1 is 1.03 bits per heavy atom. The summed E-state index contributed by atoms with van der Waals surface area (Å²) in [6.07, 6.45) is 4.38. The molecule has 0 aromatic heterocycles. The fourth-order valence-corrected chi connectivity index (χ4v) is 4.42. The number of imide groups is 1. The molecule has 3 amide bonds. The topological polar surface area (TPSA) is 87.7 Å². The normalized spacial score (nSPS) is 17.5. The van der Waals surface area contributed by atoms with Gasteiger partial charge in [0.2, 0.25) is 11.8 Å². The highest BCUT2D eigenvalue weighted by atomic mass is 19.1. The lowest BCUT2D eigenvalue weighted by molar-refractivity contribution is -0.136. The minimum absolute atomic E-state index is 0.197. The first-order valence-corrected chi connectivity index (χ1v) is 12.0. The summed E-state index contributed by atoms with van der Waals surface area (Å²) in [5.41, 5.74) is 1.84. The predicted molar refractivity (Wildman–Crippen MR) is 125 cm³/mol. The number of fused-ring (bicyclic) bond motifs is 1. The van der Waals surface area contributed by atoms with Gasteiger partial charge < -0.3 is 15.0 Å². The third kappa shape index (κ3) is 6.22. The van der Waals surface area contributed by atoms with E-state index in [0.717, 1.165) is 43.9 Å². The summed E-state index contributed by atoms with van der Waals surface area (Å²) in [5.74, 6) is -1.34. The largest absolute Gasteiger partial charge is 0.494 e. The van der Waals surface area contributed by atoms with Crippen molar-refractivity contribution in [1.29, 1.82) is 0 Å². The Labute approximate surface area is 202 Å². The summed E-state index contributed by atoms with van der Waals surface area (Å²) in [4.78, 5) is 37.8. The molecule has 1 unspecified atom stereocenters. The van der Waals surface area contributed by atoms with E-state index in [1.165, 1.54) is 17.0 Å². The van der Waals surface area contributed by atoms with Gasteiger partial charge in [-0.3, -0.25) is 19.7 Å². The number of carbonyl (C=O) groups is 3. The first-order chi connectivity index (χ1) is 16.9. The van der Waals surface area contributed by atoms with Gasteiger partial charge in [-0.15, -0.1) is 0 Å². The molecule has 9 heteroatoms. The number of hydrogen-bond donors (Lipinski definition) is 2. The summed E-state index contributed by atoms with van der Waals surface area (Å²) in [6.45, 7) is 2.00. The van der Waals surface area contributed by atoms with Crippen molar-refractivity contribution in [3.05, 3.63) is 64.7 Å². The van der Waals surface area contributed by atoms with Gasteiger partial charge in [0.05, 0.1) is 6.61 Å². The zero-order valence-corrected chi connectivity index (χ0v) is 19.4. The van der Waals surface area contributed by atoms with Crippen molar-refractivity contribution in [1.82, 2.24) is 15.5 Å². The maximum absolute atomic E-state index is 13.6. The van der Waals surface area contributed by atoms with E-state index in [4.69, 9.17) is 4.74 Å². The molecular weight excluding hydrogens is 456 g/mol. The van der Waals surface area contributed by atoms with Crippen LogP contribution in [0.5, 0.6) is 5.75 Å². The van der Waals surface area contributed by atoms with Gasteiger partial charge in [0, 0.05) is 36.7 Å². The molecule has 2 aromatic rings. The van der Waals surface area contributed by atoms with Crippen LogP contribution < -0.4 is 15.4 Å². The Bertz CT molecular complexity index is 1110. The number of amides is 3. The van der Waals surface area contributed by atoms with Crippen molar-refractivity contribution >= 4 is 17.7 Å². The molecule has 1 atom stereocenters. The third-order valence-corrected chi connectivity index (χ3v) is 6.34. The van der Waals surface area contributed by atoms with Gasteiger partial charge in [0.15, 0.2) is 0 Å². The van der Waals surface area contributed by atoms with E-state index in [9.17, 15) is 23.2 Å². The Balaban J connectivity index is 1.13. The highest BCUT2D eigenvalue weighted by molar-refractivity contribution is 6.05. The molecule has 1 fully saturated rings. The molecule has 186 valence electrons. The van der Waals surface area contributed by atoms with Crippen LogP contribution in [-0.4, -0.2) is 41.8 Å². The molecule has 2 heterocycles. The lowest BCUT2D eigenvalue weighted by Gasteiger charge is -2.29. The Morgan fingerprint density at radius 3 is 2.66 bits per heavy atom. The predicted octanol–water partition coefficient (Wildman–Crippen LogP) is 3.45. The van der Waals surface area contributed by atoms with E-state index in [2.05, 4.69) is 10.6 Å². The Morgan fingerprint density at radius 2 is 1.86 bits per heavy atom. The summed E-state index contributed by atoms with van der Waals surface area (Å²) in [5, 5.41) is 5.48. The molecule has 35 heavy (non-hydrogen) atoms. The number of carbonyl (C=O) groups excluding carboxylic acids is 3. The van der Waals surface area contributed by atoms with E-state index in [-0.39, 0.29) is 18.2 Å². The zero-order valence-electron chi connectivity index (χ0n) is 19.4. The molecule has 1 saturated heterocycles. The quantitative estimate of drug-likeness (QED) is 0.376. The van der Waals surface area contributed by atoms with E-state index < -0.39 is 23.6 Å². The van der Waals surface area contributed by atoms with Gasteiger partial charge >= 0.3 is 0 Å². The van der Waals surface area contributed by atoms with Gasteiger partial charge in [0.25, 0.3) is 5.91 Å². The number of unbranched alkanes of at least 4 members (excludes halogenated alkanes) is 3. The van der Waals surface area contributed by atoms with E-state index >= 15 is 0 Å². The molecule has 2 aromatic carbocycles. The van der Waals surface area contributed by atoms with Crippen LogP contribution in [0.3, 0.4) is 0 Å². The zero-order chi connectivity index (χ0) is 24.8. The molecule has 7 nitrogen and oxygen atoms in total. The van der Waals surface area contributed by atoms with E-state index in [0.29, 0.717) is 43.0 Å². The monoisotopic (exact) mass is 485 g/mol. The van der Waals surface area contributed by atoms with Crippen LogP contribution in [0, 0.1) is 11.6 Å². The number of nitrogens with one attached hydrogen (secondary N) is 2. The van der Waals surface area contributed by atoms with Crippen molar-refractivity contribution in [3.8, 4) is 5.75 Å². The van der Waals surface area contributed by atoms with Crippen molar-refractivity contribution in [2.75, 3.05) is 13.2 Å². The van der Waals surface area contributed by atoms with Crippen LogP contribution >= 0.6 is 0 Å². The standard InChI is InChI=1S/C26H29F2N3O4/c27-19-6-5-17(22(28)14-19)15-29-11-3-1-2-4-12-35-20-7-8-21-18(13-20)16-31(26(21)34)23-9-10-24(32)30-25(23)33/h5-8,13-14,23,29H,1-4,9-12,15-16H2,(H,30,32,33). The van der Waals surface area contributed by atoms with Gasteiger partial charge in [-0.1, -0.05) is 18.9 Å². The summed E-state index contributed by atoms with van der Waals surface area (Å²) in [7, 11) is 0. The van der Waals surface area contributed by atoms with E-state index in [1.54, 1.807) is 12.1 Å². The molecule has 2 aliphatic rings. The fourth-order valence-electron chi connectivity index (χ4n) is 4.42. The molecule has 0 radical (unpaired) electrons. The average molecular weight is 486 g/mol. The molecule has 0 bridgehead atoms. The summed E-state index contributed by atoms with van der Waals surface area (Å²) in [6, 6.07) is 8.32. The lowest BCUT2D eigenvalue weighted by Crippen LogP contribution is -2.52. The summed E-state index contributed by atoms with van der Waals surface area (Å²) >= 11 is 0. The molecule has 0 saturated carbocycles. The Hall–Kier alpha value is -3.33. The van der Waals surface area contributed by atoms with Crippen LogP contribution in [0.4, 0.5) is 8.78 Å². The van der Waals surface area contributed by atoms with Gasteiger partial charge in [0.1, 0.15) is 23.4 Å². The highest BCUT2D eigenvalue weighted by Gasteiger charge is 2.39. The molecular formula is C26H29F2N3O4. The van der Waals surface area contributed by atoms with Gasteiger partial charge in [-0.05, 0) is 55.6 Å². The molecule has 4 rings (SSSR count). The van der Waals surface area contributed by atoms with Crippen molar-refractivity contribution in [3.63, 3.8) is 0 Å². The second-order valence-corrected chi connectivity index (χ2v) is 8.89. The van der Waals surface area contributed by atoms with E-state index in [1.807, 2.05) is 6.07 Å². The summed E-state index contributed by atoms with van der Waals surface area (Å²) < 4.78 is 32.4. The fraction of sp³-hybridized carbons (Fsp3) is 0.423. The number of benzene rings is 2. The maximum Gasteiger partial charge on any atom is 0.255 e. The maximum atomic E-state index is 13.6. The number of hydrogen-bond acceptors (Lipinski definition) is 5. The van der Waals surface area contributed by atoms with Crippen LogP contribution in [0.25, 0.3) is 0 Å². The Kier molecular flexibility index (Phi) is 8.07. The highest BCUT2D eigenvalue weighted by Crippen LogP contribution is 2.30. The van der Waals surface area contributed by atoms with Crippen LogP contribution in [0.2, 0.25) is 0 Å². The number of rotatable bonds is 11. The molecule has 2 N–H and O–H groups in total. The van der Waals surface area contributed by atoms with Crippen LogP contribution in [0.1, 0.15) is 60.0 Å². The first-order valence-electron chi connectivity index (χ1n) is 12.0. The minimum atomic E-state index is -0.624. The van der Waals surface area contributed by atoms with Gasteiger partial charge in [-0.2, -0.15) is 0 Å². The average Bonchev–Trinajstić information content (AvgIpc) is 3.14. The van der Waals surface area contributed by atoms with Crippen molar-refractivity contribution < 1.29 is 27.9 Å². The molecule has 0 spiro atoms. The second-order valence-electron chi connectivity index (χ2n) is 8.89. The number of halogens is 2.